The van der Waals surface area contributed by atoms with Gasteiger partial charge in [0.2, 0.25) is 0 Å². The number of carbonyl (C=O) groups is 1. The number of hydrogen-bond donors (Lipinski definition) is 0. The standard InChI is InChI=1S/C16H23NO2/c1-13(12-15-10-6-7-11-17(15)2)19-16(18)14-8-4-3-5-9-14/h3-5,8-9,13,15H,6-7,10-12H2,1-2H3. The average Bonchev–Trinajstić information content (AvgIpc) is 2.42. The van der Waals surface area contributed by atoms with Crippen molar-refractivity contribution in [3.05, 3.63) is 35.9 Å². The molecule has 2 rings (SSSR count). The lowest BCUT2D eigenvalue weighted by Crippen LogP contribution is -2.38. The van der Waals surface area contributed by atoms with E-state index in [0.717, 1.165) is 13.0 Å². The fourth-order valence-electron chi connectivity index (χ4n) is 2.70. The van der Waals surface area contributed by atoms with Crippen LogP contribution in [-0.2, 0) is 4.74 Å². The molecule has 1 fully saturated rings. The Kier molecular flexibility index (Phi) is 4.97. The summed E-state index contributed by atoms with van der Waals surface area (Å²) < 4.78 is 5.52. The number of benzene rings is 1. The van der Waals surface area contributed by atoms with E-state index in [0.29, 0.717) is 11.6 Å². The Morgan fingerprint density at radius 2 is 2.11 bits per heavy atom. The zero-order valence-corrected chi connectivity index (χ0v) is 11.8. The maximum atomic E-state index is 11.9. The molecule has 1 aliphatic rings. The van der Waals surface area contributed by atoms with E-state index in [1.165, 1.54) is 19.3 Å². The van der Waals surface area contributed by atoms with Gasteiger partial charge >= 0.3 is 5.97 Å². The number of likely N-dealkylation sites (tertiary alicyclic amines) is 1. The summed E-state index contributed by atoms with van der Waals surface area (Å²) in [6.45, 7) is 3.15. The van der Waals surface area contributed by atoms with E-state index < -0.39 is 0 Å². The van der Waals surface area contributed by atoms with Crippen LogP contribution in [0.3, 0.4) is 0 Å². The second-order valence-electron chi connectivity index (χ2n) is 5.45. The van der Waals surface area contributed by atoms with Gasteiger partial charge in [-0.3, -0.25) is 0 Å². The Balaban J connectivity index is 1.84. The van der Waals surface area contributed by atoms with Gasteiger partial charge in [-0.15, -0.1) is 0 Å². The maximum Gasteiger partial charge on any atom is 0.338 e. The lowest BCUT2D eigenvalue weighted by molar-refractivity contribution is 0.0234. The van der Waals surface area contributed by atoms with Gasteiger partial charge < -0.3 is 9.64 Å². The Morgan fingerprint density at radius 3 is 2.79 bits per heavy atom. The van der Waals surface area contributed by atoms with Gasteiger partial charge in [0, 0.05) is 6.04 Å². The van der Waals surface area contributed by atoms with Crippen LogP contribution in [0.1, 0.15) is 43.0 Å². The van der Waals surface area contributed by atoms with Crippen LogP contribution < -0.4 is 0 Å². The van der Waals surface area contributed by atoms with Crippen LogP contribution in [0.15, 0.2) is 30.3 Å². The summed E-state index contributed by atoms with van der Waals surface area (Å²) >= 11 is 0. The molecule has 104 valence electrons. The van der Waals surface area contributed by atoms with Crippen molar-refractivity contribution >= 4 is 5.97 Å². The molecule has 2 atom stereocenters. The van der Waals surface area contributed by atoms with Crippen molar-refractivity contribution in [2.24, 2.45) is 0 Å². The summed E-state index contributed by atoms with van der Waals surface area (Å²) in [6.07, 6.45) is 4.68. The average molecular weight is 261 g/mol. The van der Waals surface area contributed by atoms with Gasteiger partial charge in [0.25, 0.3) is 0 Å². The molecule has 0 aliphatic carbocycles. The molecule has 19 heavy (non-hydrogen) atoms. The number of piperidine rings is 1. The molecule has 3 heteroatoms. The molecule has 1 saturated heterocycles. The lowest BCUT2D eigenvalue weighted by atomic mass is 9.98. The summed E-state index contributed by atoms with van der Waals surface area (Å²) in [7, 11) is 2.16. The first-order valence-corrected chi connectivity index (χ1v) is 7.13. The van der Waals surface area contributed by atoms with Gasteiger partial charge in [-0.05, 0) is 51.9 Å². The zero-order chi connectivity index (χ0) is 13.7. The maximum absolute atomic E-state index is 11.9. The number of rotatable bonds is 4. The van der Waals surface area contributed by atoms with Gasteiger partial charge in [-0.2, -0.15) is 0 Å². The van der Waals surface area contributed by atoms with Crippen LogP contribution >= 0.6 is 0 Å². The van der Waals surface area contributed by atoms with Crippen LogP contribution in [0.25, 0.3) is 0 Å². The summed E-state index contributed by atoms with van der Waals surface area (Å²) in [4.78, 5) is 14.3. The van der Waals surface area contributed by atoms with Crippen molar-refractivity contribution in [3.63, 3.8) is 0 Å². The summed E-state index contributed by atoms with van der Waals surface area (Å²) in [6, 6.07) is 9.75. The number of ether oxygens (including phenoxy) is 1. The predicted octanol–water partition coefficient (Wildman–Crippen LogP) is 3.11. The first-order chi connectivity index (χ1) is 9.16. The second kappa shape index (κ2) is 6.71. The molecule has 0 aromatic heterocycles. The third-order valence-corrected chi connectivity index (χ3v) is 3.84. The molecular weight excluding hydrogens is 238 g/mol. The summed E-state index contributed by atoms with van der Waals surface area (Å²) in [5.74, 6) is -0.216. The molecule has 0 saturated carbocycles. The van der Waals surface area contributed by atoms with E-state index in [9.17, 15) is 4.79 Å². The molecule has 0 bridgehead atoms. The molecule has 0 amide bonds. The minimum absolute atomic E-state index is 0.0294. The third-order valence-electron chi connectivity index (χ3n) is 3.84. The molecule has 0 spiro atoms. The fourth-order valence-corrected chi connectivity index (χ4v) is 2.70. The van der Waals surface area contributed by atoms with Crippen molar-refractivity contribution in [2.75, 3.05) is 13.6 Å². The van der Waals surface area contributed by atoms with Crippen LogP contribution in [0.4, 0.5) is 0 Å². The summed E-state index contributed by atoms with van der Waals surface area (Å²) in [5.41, 5.74) is 0.631. The van der Waals surface area contributed by atoms with Gasteiger partial charge in [-0.25, -0.2) is 4.79 Å². The molecule has 1 aromatic carbocycles. The lowest BCUT2D eigenvalue weighted by Gasteiger charge is -2.33. The van der Waals surface area contributed by atoms with E-state index in [4.69, 9.17) is 4.74 Å². The number of hydrogen-bond acceptors (Lipinski definition) is 3. The second-order valence-corrected chi connectivity index (χ2v) is 5.45. The molecule has 1 heterocycles. The van der Waals surface area contributed by atoms with E-state index in [2.05, 4.69) is 11.9 Å². The van der Waals surface area contributed by atoms with Crippen molar-refractivity contribution in [3.8, 4) is 0 Å². The number of carbonyl (C=O) groups excluding carboxylic acids is 1. The Bertz CT molecular complexity index is 404. The minimum Gasteiger partial charge on any atom is -0.459 e. The normalized spacial score (nSPS) is 21.9. The van der Waals surface area contributed by atoms with Crippen molar-refractivity contribution < 1.29 is 9.53 Å². The quantitative estimate of drug-likeness (QED) is 0.780. The minimum atomic E-state index is -0.216. The van der Waals surface area contributed by atoms with Gasteiger partial charge in [0.15, 0.2) is 0 Å². The van der Waals surface area contributed by atoms with Crippen LogP contribution in [0.2, 0.25) is 0 Å². The SMILES string of the molecule is CC(CC1CCCCN1C)OC(=O)c1ccccc1. The Hall–Kier alpha value is -1.35. The molecular formula is C16H23NO2. The van der Waals surface area contributed by atoms with E-state index in [1.807, 2.05) is 25.1 Å². The zero-order valence-electron chi connectivity index (χ0n) is 11.8. The third kappa shape index (κ3) is 4.06. The van der Waals surface area contributed by atoms with Crippen molar-refractivity contribution in [2.45, 2.75) is 44.8 Å². The highest BCUT2D eigenvalue weighted by Crippen LogP contribution is 2.20. The molecule has 1 aliphatic heterocycles. The number of esters is 1. The van der Waals surface area contributed by atoms with Crippen LogP contribution in [0, 0.1) is 0 Å². The van der Waals surface area contributed by atoms with E-state index in [1.54, 1.807) is 12.1 Å². The largest absolute Gasteiger partial charge is 0.459 e. The first-order valence-electron chi connectivity index (χ1n) is 7.13. The van der Waals surface area contributed by atoms with Gasteiger partial charge in [0.1, 0.15) is 6.10 Å². The fraction of sp³-hybridized carbons (Fsp3) is 0.562. The highest BCUT2D eigenvalue weighted by molar-refractivity contribution is 5.89. The van der Waals surface area contributed by atoms with Crippen molar-refractivity contribution in [1.29, 1.82) is 0 Å². The Labute approximate surface area is 115 Å². The smallest absolute Gasteiger partial charge is 0.338 e. The molecule has 2 unspecified atom stereocenters. The highest BCUT2D eigenvalue weighted by Gasteiger charge is 2.22. The predicted molar refractivity (Wildman–Crippen MR) is 76.2 cm³/mol. The Morgan fingerprint density at radius 1 is 1.37 bits per heavy atom. The van der Waals surface area contributed by atoms with E-state index in [-0.39, 0.29) is 12.1 Å². The molecule has 0 radical (unpaired) electrons. The molecule has 0 N–H and O–H groups in total. The van der Waals surface area contributed by atoms with E-state index >= 15 is 0 Å². The summed E-state index contributed by atoms with van der Waals surface area (Å²) in [5, 5.41) is 0. The molecule has 3 nitrogen and oxygen atoms in total. The van der Waals surface area contributed by atoms with Gasteiger partial charge in [0.05, 0.1) is 5.56 Å². The van der Waals surface area contributed by atoms with Gasteiger partial charge in [-0.1, -0.05) is 24.6 Å². The van der Waals surface area contributed by atoms with Crippen molar-refractivity contribution in [1.82, 2.24) is 4.90 Å². The van der Waals surface area contributed by atoms with Crippen LogP contribution in [0.5, 0.6) is 0 Å². The highest BCUT2D eigenvalue weighted by atomic mass is 16.5. The molecule has 1 aromatic rings. The first kappa shape index (κ1) is 14.1. The topological polar surface area (TPSA) is 29.5 Å². The van der Waals surface area contributed by atoms with Crippen LogP contribution in [-0.4, -0.2) is 36.6 Å². The monoisotopic (exact) mass is 261 g/mol. The number of nitrogens with zero attached hydrogens (tertiary/aromatic N) is 1.